The summed E-state index contributed by atoms with van der Waals surface area (Å²) in [6, 6.07) is 10.4. The van der Waals surface area contributed by atoms with Gasteiger partial charge in [-0.3, -0.25) is 15.0 Å². The van der Waals surface area contributed by atoms with Crippen molar-refractivity contribution in [2.24, 2.45) is 0 Å². The molecule has 0 unspecified atom stereocenters. The summed E-state index contributed by atoms with van der Waals surface area (Å²) in [7, 11) is -3.39. The molecule has 0 aliphatic rings. The van der Waals surface area contributed by atoms with Crippen molar-refractivity contribution < 1.29 is 27.9 Å². The number of ether oxygens (including phenoxy) is 2. The van der Waals surface area contributed by atoms with Crippen molar-refractivity contribution in [3.8, 4) is 5.75 Å². The Kier molecular flexibility index (Phi) is 10.3. The van der Waals surface area contributed by atoms with Gasteiger partial charge >= 0.3 is 0 Å². The molecule has 0 saturated heterocycles. The van der Waals surface area contributed by atoms with Crippen molar-refractivity contribution in [2.75, 3.05) is 25.6 Å². The summed E-state index contributed by atoms with van der Waals surface area (Å²) >= 11 is 0. The number of aromatic nitrogens is 1. The van der Waals surface area contributed by atoms with Crippen LogP contribution in [0, 0.1) is 0 Å². The average molecular weight is 437 g/mol. The third-order valence-electron chi connectivity index (χ3n) is 4.30. The van der Waals surface area contributed by atoms with E-state index in [0.717, 1.165) is 18.4 Å². The first-order valence-electron chi connectivity index (χ1n) is 9.86. The van der Waals surface area contributed by atoms with Gasteiger partial charge in [-0.05, 0) is 61.6 Å². The molecule has 0 aliphatic heterocycles. The van der Waals surface area contributed by atoms with E-state index in [1.54, 1.807) is 35.9 Å². The summed E-state index contributed by atoms with van der Waals surface area (Å²) in [5.74, 6) is 0.146. The van der Waals surface area contributed by atoms with Crippen LogP contribution in [0.4, 0.5) is 0 Å². The van der Waals surface area contributed by atoms with Gasteiger partial charge in [0.1, 0.15) is 5.75 Å². The Morgan fingerprint density at radius 1 is 1.03 bits per heavy atom. The number of amides is 1. The Labute approximate surface area is 177 Å². The molecule has 8 nitrogen and oxygen atoms in total. The molecule has 9 heteroatoms. The molecule has 0 aliphatic carbocycles. The predicted octanol–water partition coefficient (Wildman–Crippen LogP) is 2.56. The molecular weight excluding hydrogens is 408 g/mol. The predicted molar refractivity (Wildman–Crippen MR) is 111 cm³/mol. The number of hydroxylamine groups is 1. The molecule has 2 aromatic rings. The number of benzene rings is 1. The first-order chi connectivity index (χ1) is 14.5. The maximum absolute atomic E-state index is 12.4. The summed E-state index contributed by atoms with van der Waals surface area (Å²) in [5, 5.41) is 8.37. The number of aryl methyl sites for hydroxylation is 1. The van der Waals surface area contributed by atoms with Crippen molar-refractivity contribution in [3.05, 3.63) is 54.4 Å². The van der Waals surface area contributed by atoms with Crippen molar-refractivity contribution in [2.45, 2.75) is 37.0 Å². The molecule has 2 rings (SSSR count). The molecule has 1 aromatic carbocycles. The van der Waals surface area contributed by atoms with Crippen LogP contribution in [0.25, 0.3) is 0 Å². The Morgan fingerprint density at radius 3 is 2.50 bits per heavy atom. The van der Waals surface area contributed by atoms with Gasteiger partial charge in [0, 0.05) is 32.0 Å². The van der Waals surface area contributed by atoms with Gasteiger partial charge in [0.2, 0.25) is 5.91 Å². The maximum atomic E-state index is 12.4. The molecular formula is C21H28N2O6S. The highest BCUT2D eigenvalue weighted by atomic mass is 32.2. The highest BCUT2D eigenvalue weighted by molar-refractivity contribution is 7.91. The maximum Gasteiger partial charge on any atom is 0.243 e. The van der Waals surface area contributed by atoms with Crippen molar-refractivity contribution >= 4 is 15.7 Å². The SMILES string of the molecule is O=C(CCCOCCCS(=O)(=O)c1ccc(OCCCc2cccnc2)cc1)NO. The van der Waals surface area contributed by atoms with Crippen LogP contribution in [-0.2, 0) is 25.8 Å². The molecule has 0 spiro atoms. The molecule has 30 heavy (non-hydrogen) atoms. The number of sulfone groups is 1. The lowest BCUT2D eigenvalue weighted by Gasteiger charge is -2.08. The quantitative estimate of drug-likeness (QED) is 0.266. The molecule has 2 N–H and O–H groups in total. The van der Waals surface area contributed by atoms with Crippen LogP contribution in [0.5, 0.6) is 5.75 Å². The lowest BCUT2D eigenvalue weighted by atomic mass is 10.2. The molecule has 0 radical (unpaired) electrons. The van der Waals surface area contributed by atoms with Gasteiger partial charge in [0.05, 0.1) is 17.3 Å². The lowest BCUT2D eigenvalue weighted by Crippen LogP contribution is -2.18. The topological polar surface area (TPSA) is 115 Å². The van der Waals surface area contributed by atoms with E-state index in [1.807, 2.05) is 18.3 Å². The van der Waals surface area contributed by atoms with E-state index in [-0.39, 0.29) is 23.7 Å². The Morgan fingerprint density at radius 2 is 1.80 bits per heavy atom. The highest BCUT2D eigenvalue weighted by Crippen LogP contribution is 2.18. The number of rotatable bonds is 14. The Hall–Kier alpha value is -2.49. The van der Waals surface area contributed by atoms with E-state index in [2.05, 4.69) is 4.98 Å². The zero-order valence-electron chi connectivity index (χ0n) is 16.8. The van der Waals surface area contributed by atoms with Gasteiger partial charge < -0.3 is 9.47 Å². The summed E-state index contributed by atoms with van der Waals surface area (Å²) in [5.41, 5.74) is 2.70. The summed E-state index contributed by atoms with van der Waals surface area (Å²) in [4.78, 5) is 15.2. The van der Waals surface area contributed by atoms with Crippen molar-refractivity contribution in [1.82, 2.24) is 10.5 Å². The minimum absolute atomic E-state index is 0.0184. The zero-order valence-corrected chi connectivity index (χ0v) is 17.6. The van der Waals surface area contributed by atoms with Crippen LogP contribution in [0.2, 0.25) is 0 Å². The number of carbonyl (C=O) groups excluding carboxylic acids is 1. The van der Waals surface area contributed by atoms with E-state index in [0.29, 0.717) is 31.8 Å². The highest BCUT2D eigenvalue weighted by Gasteiger charge is 2.14. The molecule has 164 valence electrons. The monoisotopic (exact) mass is 436 g/mol. The first-order valence-corrected chi connectivity index (χ1v) is 11.5. The van der Waals surface area contributed by atoms with Gasteiger partial charge in [-0.15, -0.1) is 0 Å². The van der Waals surface area contributed by atoms with Crippen LogP contribution in [0.3, 0.4) is 0 Å². The summed E-state index contributed by atoms with van der Waals surface area (Å²) in [6.45, 7) is 1.16. The second-order valence-electron chi connectivity index (χ2n) is 6.71. The normalized spacial score (nSPS) is 11.2. The van der Waals surface area contributed by atoms with Gasteiger partial charge in [-0.2, -0.15) is 0 Å². The van der Waals surface area contributed by atoms with Gasteiger partial charge in [-0.25, -0.2) is 13.9 Å². The van der Waals surface area contributed by atoms with E-state index < -0.39 is 15.7 Å². The summed E-state index contributed by atoms with van der Waals surface area (Å²) in [6.07, 6.45) is 6.27. The molecule has 0 saturated carbocycles. The fourth-order valence-electron chi connectivity index (χ4n) is 2.72. The van der Waals surface area contributed by atoms with Crippen LogP contribution >= 0.6 is 0 Å². The van der Waals surface area contributed by atoms with E-state index in [9.17, 15) is 13.2 Å². The van der Waals surface area contributed by atoms with Crippen LogP contribution in [0.15, 0.2) is 53.7 Å². The van der Waals surface area contributed by atoms with Crippen molar-refractivity contribution in [1.29, 1.82) is 0 Å². The minimum atomic E-state index is -3.39. The molecule has 0 atom stereocenters. The average Bonchev–Trinajstić information content (AvgIpc) is 2.77. The second kappa shape index (κ2) is 12.9. The third-order valence-corrected chi connectivity index (χ3v) is 6.12. The molecule has 1 aromatic heterocycles. The standard InChI is InChI=1S/C21H28N2O6S/c24-21(23-25)7-3-13-28-14-4-16-30(26,27)20-10-8-19(9-11-20)29-15-2-6-18-5-1-12-22-17-18/h1,5,8-12,17,25H,2-4,6-7,13-16H2,(H,23,24). The fourth-order valence-corrected chi connectivity index (χ4v) is 4.00. The first kappa shape index (κ1) is 23.8. The smallest absolute Gasteiger partial charge is 0.243 e. The number of nitrogens with zero attached hydrogens (tertiary/aromatic N) is 1. The van der Waals surface area contributed by atoms with Crippen molar-refractivity contribution in [3.63, 3.8) is 0 Å². The lowest BCUT2D eigenvalue weighted by molar-refractivity contribution is -0.129. The Balaban J connectivity index is 1.65. The van der Waals surface area contributed by atoms with Gasteiger partial charge in [0.15, 0.2) is 9.84 Å². The molecule has 1 heterocycles. The number of pyridine rings is 1. The van der Waals surface area contributed by atoms with Crippen LogP contribution in [-0.4, -0.2) is 50.1 Å². The largest absolute Gasteiger partial charge is 0.494 e. The van der Waals surface area contributed by atoms with Crippen LogP contribution < -0.4 is 10.2 Å². The number of nitrogens with one attached hydrogen (secondary N) is 1. The minimum Gasteiger partial charge on any atom is -0.494 e. The second-order valence-corrected chi connectivity index (χ2v) is 8.82. The van der Waals surface area contributed by atoms with Gasteiger partial charge in [-0.1, -0.05) is 6.07 Å². The molecule has 1 amide bonds. The molecule has 0 fully saturated rings. The van der Waals surface area contributed by atoms with E-state index in [4.69, 9.17) is 14.7 Å². The zero-order chi connectivity index (χ0) is 21.7. The Bertz CT molecular complexity index is 857. The third kappa shape index (κ3) is 8.89. The number of hydrogen-bond donors (Lipinski definition) is 2. The number of carbonyl (C=O) groups is 1. The van der Waals surface area contributed by atoms with Crippen LogP contribution in [0.1, 0.15) is 31.2 Å². The number of hydrogen-bond acceptors (Lipinski definition) is 7. The van der Waals surface area contributed by atoms with E-state index in [1.165, 1.54) is 0 Å². The molecule has 0 bridgehead atoms. The van der Waals surface area contributed by atoms with Gasteiger partial charge in [0.25, 0.3) is 0 Å². The summed E-state index contributed by atoms with van der Waals surface area (Å²) < 4.78 is 35.8. The van der Waals surface area contributed by atoms with E-state index >= 15 is 0 Å². The fraction of sp³-hybridized carbons (Fsp3) is 0.429.